The van der Waals surface area contributed by atoms with Crippen molar-refractivity contribution in [2.45, 2.75) is 59.1 Å². The maximum Gasteiger partial charge on any atom is 0.435 e. The van der Waals surface area contributed by atoms with E-state index in [1.54, 1.807) is 7.11 Å². The molecule has 0 aliphatic carbocycles. The number of pyridine rings is 2. The van der Waals surface area contributed by atoms with Crippen molar-refractivity contribution in [3.8, 4) is 28.3 Å². The van der Waals surface area contributed by atoms with E-state index in [0.717, 1.165) is 47.7 Å². The maximum atomic E-state index is 13.3. The minimum absolute atomic E-state index is 0.515. The summed E-state index contributed by atoms with van der Waals surface area (Å²) < 4.78 is 12.8. The lowest BCUT2D eigenvalue weighted by Gasteiger charge is -2.38. The highest BCUT2D eigenvalue weighted by Crippen LogP contribution is 2.37. The van der Waals surface area contributed by atoms with Gasteiger partial charge in [0.1, 0.15) is 39.6 Å². The Bertz CT molecular complexity index is 1600. The lowest BCUT2D eigenvalue weighted by molar-refractivity contribution is 0.0523. The average molecular weight is 555 g/mol. The van der Waals surface area contributed by atoms with Crippen molar-refractivity contribution in [1.29, 1.82) is 0 Å². The van der Waals surface area contributed by atoms with Gasteiger partial charge in [-0.2, -0.15) is 9.78 Å². The summed E-state index contributed by atoms with van der Waals surface area (Å²) in [6, 6.07) is 12.6. The molecule has 2 aliphatic heterocycles. The first-order valence-electron chi connectivity index (χ1n) is 14.4. The molecule has 2 aliphatic rings. The van der Waals surface area contributed by atoms with Gasteiger partial charge in [0, 0.05) is 49.1 Å². The second-order valence-corrected chi connectivity index (χ2v) is 12.1. The Morgan fingerprint density at radius 1 is 1.05 bits per heavy atom. The summed E-state index contributed by atoms with van der Waals surface area (Å²) >= 11 is 0. The Morgan fingerprint density at radius 2 is 1.88 bits per heavy atom. The molecule has 0 bridgehead atoms. The Hall–Kier alpha value is -3.98. The fourth-order valence-corrected chi connectivity index (χ4v) is 5.93. The average Bonchev–Trinajstić information content (AvgIpc) is 3.57. The monoisotopic (exact) mass is 554 g/mol. The van der Waals surface area contributed by atoms with E-state index in [9.17, 15) is 4.79 Å². The first-order valence-corrected chi connectivity index (χ1v) is 14.4. The van der Waals surface area contributed by atoms with Gasteiger partial charge < -0.3 is 14.4 Å². The van der Waals surface area contributed by atoms with Crippen molar-refractivity contribution >= 4 is 22.9 Å². The highest BCUT2D eigenvalue weighted by atomic mass is 16.6. The van der Waals surface area contributed by atoms with Crippen molar-refractivity contribution in [1.82, 2.24) is 24.6 Å². The van der Waals surface area contributed by atoms with Gasteiger partial charge in [-0.1, -0.05) is 18.2 Å². The van der Waals surface area contributed by atoms with Gasteiger partial charge in [0.2, 0.25) is 0 Å². The van der Waals surface area contributed by atoms with E-state index in [0.29, 0.717) is 34.2 Å². The van der Waals surface area contributed by atoms with Crippen LogP contribution in [0, 0.1) is 13.8 Å². The molecule has 1 aromatic carbocycles. The normalized spacial score (nSPS) is 17.6. The molecular weight excluding hydrogens is 516 g/mol. The molecule has 41 heavy (non-hydrogen) atoms. The molecule has 9 heteroatoms. The summed E-state index contributed by atoms with van der Waals surface area (Å²) in [6.45, 7) is 13.9. The lowest BCUT2D eigenvalue weighted by Crippen LogP contribution is -2.50. The molecule has 214 valence electrons. The van der Waals surface area contributed by atoms with Gasteiger partial charge in [-0.05, 0) is 77.3 Å². The predicted molar refractivity (Wildman–Crippen MR) is 161 cm³/mol. The Balaban J connectivity index is 1.45. The molecule has 2 saturated heterocycles. The van der Waals surface area contributed by atoms with Crippen LogP contribution >= 0.6 is 0 Å². The number of aryl methyl sites for hydroxylation is 1. The van der Waals surface area contributed by atoms with Crippen LogP contribution in [0.5, 0.6) is 5.75 Å². The summed E-state index contributed by atoms with van der Waals surface area (Å²) in [5.74, 6) is 1.52. The number of hydrogen-bond acceptors (Lipinski definition) is 8. The number of rotatable bonds is 4. The molecule has 1 atom stereocenters. The number of carbonyl (C=O) groups is 1. The van der Waals surface area contributed by atoms with Gasteiger partial charge in [0.05, 0.1) is 7.11 Å². The lowest BCUT2D eigenvalue weighted by atomic mass is 9.99. The number of anilines is 1. The molecule has 9 nitrogen and oxygen atoms in total. The number of methoxy groups -OCH3 is 1. The van der Waals surface area contributed by atoms with E-state index in [1.165, 1.54) is 24.1 Å². The maximum absolute atomic E-state index is 13.3. The topological polar surface area (TPSA) is 85.6 Å². The van der Waals surface area contributed by atoms with Crippen molar-refractivity contribution in [3.05, 3.63) is 53.7 Å². The second kappa shape index (κ2) is 10.4. The van der Waals surface area contributed by atoms with Gasteiger partial charge in [-0.25, -0.2) is 14.8 Å². The van der Waals surface area contributed by atoms with Crippen LogP contribution in [-0.2, 0) is 4.74 Å². The number of aromatic nitrogens is 4. The van der Waals surface area contributed by atoms with Crippen LogP contribution in [-0.4, -0.2) is 75.7 Å². The van der Waals surface area contributed by atoms with Crippen LogP contribution in [0.3, 0.4) is 0 Å². The van der Waals surface area contributed by atoms with Gasteiger partial charge >= 0.3 is 6.09 Å². The van der Waals surface area contributed by atoms with Crippen molar-refractivity contribution < 1.29 is 14.3 Å². The molecule has 3 aromatic heterocycles. The zero-order valence-electron chi connectivity index (χ0n) is 24.8. The molecular formula is C32H38N6O3. The van der Waals surface area contributed by atoms with Crippen LogP contribution in [0.4, 0.5) is 10.6 Å². The van der Waals surface area contributed by atoms with Gasteiger partial charge in [-0.15, -0.1) is 0 Å². The third kappa shape index (κ3) is 5.14. The van der Waals surface area contributed by atoms with E-state index < -0.39 is 11.7 Å². The summed E-state index contributed by atoms with van der Waals surface area (Å²) in [5, 5.41) is 4.74. The molecule has 1 unspecified atom stereocenters. The Morgan fingerprint density at radius 3 is 2.61 bits per heavy atom. The van der Waals surface area contributed by atoms with Gasteiger partial charge in [-0.3, -0.25) is 4.90 Å². The van der Waals surface area contributed by atoms with Crippen molar-refractivity contribution in [2.75, 3.05) is 38.2 Å². The van der Waals surface area contributed by atoms with Gasteiger partial charge in [0.25, 0.3) is 0 Å². The highest BCUT2D eigenvalue weighted by Gasteiger charge is 2.31. The number of carbonyl (C=O) groups excluding carboxylic acids is 1. The number of nitrogens with zero attached hydrogens (tertiary/aromatic N) is 6. The van der Waals surface area contributed by atoms with Crippen molar-refractivity contribution in [2.24, 2.45) is 0 Å². The fraction of sp³-hybridized carbons (Fsp3) is 0.438. The molecule has 6 rings (SSSR count). The van der Waals surface area contributed by atoms with Crippen LogP contribution in [0.15, 0.2) is 42.6 Å². The van der Waals surface area contributed by atoms with E-state index in [2.05, 4.69) is 29.7 Å². The van der Waals surface area contributed by atoms with Crippen LogP contribution in [0.25, 0.3) is 33.5 Å². The number of benzene rings is 1. The summed E-state index contributed by atoms with van der Waals surface area (Å²) in [5.41, 5.74) is 5.72. The van der Waals surface area contributed by atoms with E-state index in [-0.39, 0.29) is 0 Å². The van der Waals surface area contributed by atoms with E-state index >= 15 is 0 Å². The number of piperazine rings is 1. The number of hydrogen-bond donors (Lipinski definition) is 0. The second-order valence-electron chi connectivity index (χ2n) is 12.1. The van der Waals surface area contributed by atoms with Crippen LogP contribution in [0.1, 0.15) is 44.7 Å². The van der Waals surface area contributed by atoms with Crippen molar-refractivity contribution in [3.63, 3.8) is 0 Å². The molecule has 2 fully saturated rings. The number of fused-ring (bicyclic) bond motifs is 2. The third-order valence-electron chi connectivity index (χ3n) is 8.20. The summed E-state index contributed by atoms with van der Waals surface area (Å²) in [4.78, 5) is 28.2. The molecule has 5 heterocycles. The summed E-state index contributed by atoms with van der Waals surface area (Å²) in [7, 11) is 1.61. The standard InChI is InChI=1S/C32H38N6O3/c1-20-9-7-11-24(21(20)2)29-26(40-6)17-25-30(34-29)28(35-38(25)31(39)41-32(3,4)5)22-12-13-27(33-18-22)37-16-15-36-14-8-10-23(36)19-37/h7,9,11-13,17-18,23H,8,10,14-16,19H2,1-6H3. The minimum atomic E-state index is -0.682. The highest BCUT2D eigenvalue weighted by molar-refractivity contribution is 5.97. The zero-order valence-corrected chi connectivity index (χ0v) is 24.8. The SMILES string of the molecule is COc1cc2c(nc1-c1cccc(C)c1C)c(-c1ccc(N3CCN4CCCC4C3)nc1)nn2C(=O)OC(C)(C)C. The first-order chi connectivity index (χ1) is 19.6. The summed E-state index contributed by atoms with van der Waals surface area (Å²) in [6.07, 6.45) is 3.79. The smallest absolute Gasteiger partial charge is 0.435 e. The molecule has 0 radical (unpaired) electrons. The molecule has 0 saturated carbocycles. The Kier molecular flexibility index (Phi) is 6.93. The van der Waals surface area contributed by atoms with E-state index in [1.807, 2.05) is 57.3 Å². The third-order valence-corrected chi connectivity index (χ3v) is 8.20. The minimum Gasteiger partial charge on any atom is -0.494 e. The predicted octanol–water partition coefficient (Wildman–Crippen LogP) is 5.85. The van der Waals surface area contributed by atoms with E-state index in [4.69, 9.17) is 24.5 Å². The largest absolute Gasteiger partial charge is 0.494 e. The molecule has 4 aromatic rings. The number of ether oxygens (including phenoxy) is 2. The fourth-order valence-electron chi connectivity index (χ4n) is 5.93. The van der Waals surface area contributed by atoms with Crippen LogP contribution in [0.2, 0.25) is 0 Å². The zero-order chi connectivity index (χ0) is 28.9. The molecule has 0 amide bonds. The quantitative estimate of drug-likeness (QED) is 0.310. The molecule has 0 N–H and O–H groups in total. The van der Waals surface area contributed by atoms with Gasteiger partial charge in [0.15, 0.2) is 0 Å². The van der Waals surface area contributed by atoms with Crippen LogP contribution < -0.4 is 9.64 Å². The molecule has 0 spiro atoms. The Labute approximate surface area is 241 Å². The first kappa shape index (κ1) is 27.2.